The summed E-state index contributed by atoms with van der Waals surface area (Å²) in [5, 5.41) is 0.531. The molecule has 0 N–H and O–H groups in total. The zero-order valence-corrected chi connectivity index (χ0v) is 12.6. The lowest BCUT2D eigenvalue weighted by molar-refractivity contribution is 0.0783. The summed E-state index contributed by atoms with van der Waals surface area (Å²) in [7, 11) is 1.74. The first-order chi connectivity index (χ1) is 9.06. The minimum atomic E-state index is -0.0890. The Morgan fingerprint density at radius 1 is 1.37 bits per heavy atom. The maximum atomic E-state index is 12.3. The van der Waals surface area contributed by atoms with Gasteiger partial charge in [0.05, 0.1) is 12.2 Å². The van der Waals surface area contributed by atoms with Gasteiger partial charge in [0.25, 0.3) is 5.91 Å². The van der Waals surface area contributed by atoms with Crippen molar-refractivity contribution >= 4 is 33.4 Å². The summed E-state index contributed by atoms with van der Waals surface area (Å²) in [4.78, 5) is 18.1. The van der Waals surface area contributed by atoms with Crippen molar-refractivity contribution in [3.05, 3.63) is 63.3 Å². The zero-order valence-electron chi connectivity index (χ0n) is 10.3. The van der Waals surface area contributed by atoms with Crippen LogP contribution in [0.25, 0.3) is 0 Å². The van der Waals surface area contributed by atoms with Gasteiger partial charge in [-0.15, -0.1) is 0 Å². The van der Waals surface area contributed by atoms with Crippen LogP contribution in [0.1, 0.15) is 16.1 Å². The third kappa shape index (κ3) is 3.78. The molecular formula is C14H12BrClN2O. The topological polar surface area (TPSA) is 33.2 Å². The molecule has 0 unspecified atom stereocenters. The van der Waals surface area contributed by atoms with Crippen LogP contribution in [-0.4, -0.2) is 22.8 Å². The van der Waals surface area contributed by atoms with Crippen LogP contribution in [0.15, 0.2) is 47.1 Å². The van der Waals surface area contributed by atoms with E-state index in [1.807, 2.05) is 18.2 Å². The van der Waals surface area contributed by atoms with Gasteiger partial charge in [-0.1, -0.05) is 33.6 Å². The Morgan fingerprint density at radius 3 is 2.79 bits per heavy atom. The Bertz CT molecular complexity index is 569. The number of nitrogens with zero attached hydrogens (tertiary/aromatic N) is 2. The van der Waals surface area contributed by atoms with E-state index in [2.05, 4.69) is 20.9 Å². The van der Waals surface area contributed by atoms with Gasteiger partial charge in [0.2, 0.25) is 0 Å². The summed E-state index contributed by atoms with van der Waals surface area (Å²) in [6.07, 6.45) is 1.71. The second-order valence-electron chi connectivity index (χ2n) is 4.14. The van der Waals surface area contributed by atoms with Crippen molar-refractivity contribution in [1.29, 1.82) is 0 Å². The number of rotatable bonds is 3. The Balaban J connectivity index is 2.15. The summed E-state index contributed by atoms with van der Waals surface area (Å²) in [6, 6.07) is 10.8. The quantitative estimate of drug-likeness (QED) is 0.853. The number of halogens is 2. The van der Waals surface area contributed by atoms with E-state index in [4.69, 9.17) is 11.6 Å². The molecule has 5 heteroatoms. The van der Waals surface area contributed by atoms with E-state index in [-0.39, 0.29) is 5.91 Å². The summed E-state index contributed by atoms with van der Waals surface area (Å²) < 4.78 is 0.787. The van der Waals surface area contributed by atoms with Crippen LogP contribution in [-0.2, 0) is 6.54 Å². The predicted molar refractivity (Wildman–Crippen MR) is 79.2 cm³/mol. The Hall–Kier alpha value is -1.39. The first-order valence-corrected chi connectivity index (χ1v) is 6.85. The van der Waals surface area contributed by atoms with E-state index in [0.717, 1.165) is 10.2 Å². The van der Waals surface area contributed by atoms with Gasteiger partial charge in [-0.3, -0.25) is 9.78 Å². The molecule has 1 aromatic heterocycles. The lowest BCUT2D eigenvalue weighted by atomic mass is 10.2. The lowest BCUT2D eigenvalue weighted by Gasteiger charge is -2.17. The highest BCUT2D eigenvalue weighted by atomic mass is 79.9. The van der Waals surface area contributed by atoms with E-state index >= 15 is 0 Å². The molecule has 2 rings (SSSR count). The monoisotopic (exact) mass is 338 g/mol. The number of aromatic nitrogens is 1. The highest BCUT2D eigenvalue weighted by Gasteiger charge is 2.13. The van der Waals surface area contributed by atoms with Gasteiger partial charge < -0.3 is 4.90 Å². The molecule has 0 saturated carbocycles. The summed E-state index contributed by atoms with van der Waals surface area (Å²) >= 11 is 9.28. The number of amides is 1. The first-order valence-electron chi connectivity index (χ1n) is 5.68. The van der Waals surface area contributed by atoms with Crippen LogP contribution in [0.5, 0.6) is 0 Å². The lowest BCUT2D eigenvalue weighted by Crippen LogP contribution is -2.26. The molecule has 1 aromatic carbocycles. The fourth-order valence-corrected chi connectivity index (χ4v) is 2.56. The van der Waals surface area contributed by atoms with Crippen molar-refractivity contribution < 1.29 is 4.79 Å². The second kappa shape index (κ2) is 6.17. The third-order valence-electron chi connectivity index (χ3n) is 2.58. The maximum absolute atomic E-state index is 12.3. The van der Waals surface area contributed by atoms with Crippen LogP contribution in [0, 0.1) is 0 Å². The molecule has 3 nitrogen and oxygen atoms in total. The highest BCUT2D eigenvalue weighted by Crippen LogP contribution is 2.20. The summed E-state index contributed by atoms with van der Waals surface area (Å²) in [5.41, 5.74) is 1.40. The van der Waals surface area contributed by atoms with Crippen LogP contribution in [0.4, 0.5) is 0 Å². The highest BCUT2D eigenvalue weighted by molar-refractivity contribution is 9.10. The predicted octanol–water partition coefficient (Wildman–Crippen LogP) is 3.77. The molecule has 0 saturated heterocycles. The van der Waals surface area contributed by atoms with Crippen LogP contribution in [0.2, 0.25) is 5.02 Å². The van der Waals surface area contributed by atoms with Gasteiger partial charge in [-0.05, 0) is 30.3 Å². The summed E-state index contributed by atoms with van der Waals surface area (Å²) in [6.45, 7) is 0.462. The molecule has 0 atom stereocenters. The van der Waals surface area contributed by atoms with Gasteiger partial charge in [-0.25, -0.2) is 0 Å². The standard InChI is InChI=1S/C14H12BrClN2O/c1-18(9-13-4-2-3-5-17-13)14(19)10-6-11(15)8-12(16)7-10/h2-8H,9H2,1H3. The molecule has 98 valence electrons. The van der Waals surface area contributed by atoms with Gasteiger partial charge in [0.1, 0.15) is 0 Å². The zero-order chi connectivity index (χ0) is 13.8. The fourth-order valence-electron chi connectivity index (χ4n) is 1.70. The van der Waals surface area contributed by atoms with Crippen LogP contribution >= 0.6 is 27.5 Å². The van der Waals surface area contributed by atoms with Crippen molar-refractivity contribution in [2.45, 2.75) is 6.54 Å². The van der Waals surface area contributed by atoms with Crippen molar-refractivity contribution in [1.82, 2.24) is 9.88 Å². The van der Waals surface area contributed by atoms with Crippen molar-refractivity contribution in [2.75, 3.05) is 7.05 Å². The average Bonchev–Trinajstić information content (AvgIpc) is 2.37. The molecule has 1 amide bonds. The van der Waals surface area contributed by atoms with Crippen molar-refractivity contribution in [2.24, 2.45) is 0 Å². The van der Waals surface area contributed by atoms with Crippen LogP contribution < -0.4 is 0 Å². The minimum Gasteiger partial charge on any atom is -0.336 e. The molecule has 0 aliphatic heterocycles. The number of benzene rings is 1. The average molecular weight is 340 g/mol. The van der Waals surface area contributed by atoms with Gasteiger partial charge in [0.15, 0.2) is 0 Å². The molecule has 19 heavy (non-hydrogen) atoms. The Morgan fingerprint density at radius 2 is 2.16 bits per heavy atom. The Kier molecular flexibility index (Phi) is 4.56. The fraction of sp³-hybridized carbons (Fsp3) is 0.143. The molecule has 0 fully saturated rings. The van der Waals surface area contributed by atoms with E-state index < -0.39 is 0 Å². The molecule has 0 aliphatic rings. The largest absolute Gasteiger partial charge is 0.336 e. The minimum absolute atomic E-state index is 0.0890. The first kappa shape index (κ1) is 14.0. The van der Waals surface area contributed by atoms with E-state index in [1.54, 1.807) is 36.3 Å². The molecular weight excluding hydrogens is 328 g/mol. The molecule has 2 aromatic rings. The molecule has 1 heterocycles. The molecule has 0 radical (unpaired) electrons. The Labute approximate surface area is 125 Å². The van der Waals surface area contributed by atoms with E-state index in [0.29, 0.717) is 17.1 Å². The van der Waals surface area contributed by atoms with E-state index in [1.165, 1.54) is 0 Å². The SMILES string of the molecule is CN(Cc1ccccn1)C(=O)c1cc(Cl)cc(Br)c1. The number of carbonyl (C=O) groups excluding carboxylic acids is 1. The van der Waals surface area contributed by atoms with Crippen LogP contribution in [0.3, 0.4) is 0 Å². The van der Waals surface area contributed by atoms with Gasteiger partial charge in [-0.2, -0.15) is 0 Å². The normalized spacial score (nSPS) is 10.3. The summed E-state index contributed by atoms with van der Waals surface area (Å²) in [5.74, 6) is -0.0890. The third-order valence-corrected chi connectivity index (χ3v) is 3.26. The van der Waals surface area contributed by atoms with Gasteiger partial charge in [0, 0.05) is 28.3 Å². The van der Waals surface area contributed by atoms with Crippen molar-refractivity contribution in [3.63, 3.8) is 0 Å². The van der Waals surface area contributed by atoms with Crippen molar-refractivity contribution in [3.8, 4) is 0 Å². The number of hydrogen-bond donors (Lipinski definition) is 0. The molecule has 0 aliphatic carbocycles. The smallest absolute Gasteiger partial charge is 0.254 e. The molecule has 0 spiro atoms. The van der Waals surface area contributed by atoms with Gasteiger partial charge >= 0.3 is 0 Å². The number of carbonyl (C=O) groups is 1. The van der Waals surface area contributed by atoms with E-state index in [9.17, 15) is 4.79 Å². The maximum Gasteiger partial charge on any atom is 0.254 e. The number of hydrogen-bond acceptors (Lipinski definition) is 2. The second-order valence-corrected chi connectivity index (χ2v) is 5.49. The number of pyridine rings is 1. The molecule has 0 bridgehead atoms.